The fourth-order valence-electron chi connectivity index (χ4n) is 4.04. The molecule has 4 rings (SSSR count). The molecular formula is C21H20O. The number of allylic oxidation sites excluding steroid dienone is 1. The van der Waals surface area contributed by atoms with Gasteiger partial charge in [-0.3, -0.25) is 4.79 Å². The summed E-state index contributed by atoms with van der Waals surface area (Å²) in [4.78, 5) is 12.5. The van der Waals surface area contributed by atoms with Crippen molar-refractivity contribution in [2.75, 3.05) is 0 Å². The molecule has 22 heavy (non-hydrogen) atoms. The highest BCUT2D eigenvalue weighted by molar-refractivity contribution is 5.96. The Morgan fingerprint density at radius 3 is 2.45 bits per heavy atom. The molecule has 0 N–H and O–H groups in total. The van der Waals surface area contributed by atoms with E-state index in [1.807, 2.05) is 6.07 Å². The van der Waals surface area contributed by atoms with Crippen LogP contribution in [0.5, 0.6) is 0 Å². The summed E-state index contributed by atoms with van der Waals surface area (Å²) in [7, 11) is 0. The van der Waals surface area contributed by atoms with Gasteiger partial charge in [0.15, 0.2) is 0 Å². The number of hydrogen-bond acceptors (Lipinski definition) is 1. The molecule has 2 aromatic rings. The maximum absolute atomic E-state index is 12.5. The Morgan fingerprint density at radius 1 is 0.864 bits per heavy atom. The van der Waals surface area contributed by atoms with Gasteiger partial charge < -0.3 is 0 Å². The van der Waals surface area contributed by atoms with Crippen LogP contribution in [0.1, 0.15) is 48.3 Å². The van der Waals surface area contributed by atoms with Crippen LogP contribution >= 0.6 is 0 Å². The molecule has 1 nitrogen and oxygen atoms in total. The molecule has 0 aromatic heterocycles. The normalized spacial score (nSPS) is 24.0. The monoisotopic (exact) mass is 288 g/mol. The van der Waals surface area contributed by atoms with E-state index < -0.39 is 0 Å². The topological polar surface area (TPSA) is 17.1 Å². The largest absolute Gasteiger partial charge is 0.299 e. The van der Waals surface area contributed by atoms with Gasteiger partial charge in [0.1, 0.15) is 5.78 Å². The van der Waals surface area contributed by atoms with E-state index in [4.69, 9.17) is 0 Å². The van der Waals surface area contributed by atoms with Crippen LogP contribution < -0.4 is 0 Å². The third-order valence-corrected chi connectivity index (χ3v) is 5.09. The van der Waals surface area contributed by atoms with E-state index in [-0.39, 0.29) is 11.8 Å². The first-order chi connectivity index (χ1) is 10.8. The Morgan fingerprint density at radius 2 is 1.64 bits per heavy atom. The molecule has 1 fully saturated rings. The molecule has 2 atom stereocenters. The van der Waals surface area contributed by atoms with Gasteiger partial charge in [-0.25, -0.2) is 0 Å². The fourth-order valence-corrected chi connectivity index (χ4v) is 4.04. The summed E-state index contributed by atoms with van der Waals surface area (Å²) in [6.07, 6.45) is 6.32. The van der Waals surface area contributed by atoms with E-state index >= 15 is 0 Å². The van der Waals surface area contributed by atoms with E-state index in [0.717, 1.165) is 19.3 Å². The van der Waals surface area contributed by atoms with Gasteiger partial charge in [-0.15, -0.1) is 0 Å². The van der Waals surface area contributed by atoms with Crippen LogP contribution in [0.4, 0.5) is 0 Å². The number of carbonyl (C=O) groups is 1. The molecule has 0 aliphatic heterocycles. The summed E-state index contributed by atoms with van der Waals surface area (Å²) in [6, 6.07) is 19.1. The third-order valence-electron chi connectivity index (χ3n) is 5.09. The predicted molar refractivity (Wildman–Crippen MR) is 90.5 cm³/mol. The first kappa shape index (κ1) is 13.5. The first-order valence-corrected chi connectivity index (χ1v) is 8.23. The lowest BCUT2D eigenvalue weighted by molar-refractivity contribution is -0.124. The number of hydrogen-bond donors (Lipinski definition) is 0. The SMILES string of the molecule is O=C1CCCC[C@H]1[C@H]1C(c2ccccc2)=Cc2ccccc21. The van der Waals surface area contributed by atoms with Crippen LogP contribution in [0, 0.1) is 5.92 Å². The standard InChI is InChI=1S/C21H20O/c22-20-13-7-6-12-18(20)21-17-11-5-4-10-16(17)14-19(21)15-8-2-1-3-9-15/h1-5,8-11,14,18,21H,6-7,12-13H2/t18-,21+/m1/s1. The molecule has 2 aliphatic carbocycles. The molecule has 0 saturated heterocycles. The van der Waals surface area contributed by atoms with E-state index in [2.05, 4.69) is 54.6 Å². The number of benzene rings is 2. The van der Waals surface area contributed by atoms with Crippen LogP contribution in [0.2, 0.25) is 0 Å². The maximum atomic E-state index is 12.5. The summed E-state index contributed by atoms with van der Waals surface area (Å²) < 4.78 is 0. The number of carbonyl (C=O) groups excluding carboxylic acids is 1. The Balaban J connectivity index is 1.81. The minimum Gasteiger partial charge on any atom is -0.299 e. The number of Topliss-reactive ketones (excluding diaryl/α,β-unsaturated/α-hetero) is 1. The van der Waals surface area contributed by atoms with Crippen molar-refractivity contribution in [3.05, 3.63) is 71.3 Å². The van der Waals surface area contributed by atoms with Crippen molar-refractivity contribution in [1.29, 1.82) is 0 Å². The molecule has 110 valence electrons. The van der Waals surface area contributed by atoms with Crippen molar-refractivity contribution in [2.45, 2.75) is 31.6 Å². The van der Waals surface area contributed by atoms with E-state index in [1.165, 1.54) is 28.7 Å². The van der Waals surface area contributed by atoms with E-state index in [0.29, 0.717) is 5.78 Å². The van der Waals surface area contributed by atoms with Crippen LogP contribution in [-0.4, -0.2) is 5.78 Å². The number of fused-ring (bicyclic) bond motifs is 1. The summed E-state index contributed by atoms with van der Waals surface area (Å²) in [5.41, 5.74) is 5.19. The third kappa shape index (κ3) is 2.21. The maximum Gasteiger partial charge on any atom is 0.136 e. The zero-order valence-corrected chi connectivity index (χ0v) is 12.7. The quantitative estimate of drug-likeness (QED) is 0.752. The van der Waals surface area contributed by atoms with E-state index in [9.17, 15) is 4.79 Å². The molecule has 2 aromatic carbocycles. The van der Waals surface area contributed by atoms with Crippen LogP contribution in [0.25, 0.3) is 11.6 Å². The number of ketones is 1. The minimum absolute atomic E-state index is 0.156. The average molecular weight is 288 g/mol. The van der Waals surface area contributed by atoms with Gasteiger partial charge in [0, 0.05) is 18.3 Å². The Bertz CT molecular complexity index is 727. The molecule has 1 saturated carbocycles. The summed E-state index contributed by atoms with van der Waals surface area (Å²) >= 11 is 0. The van der Waals surface area contributed by atoms with Crippen molar-refractivity contribution >= 4 is 17.4 Å². The molecule has 2 aliphatic rings. The summed E-state index contributed by atoms with van der Waals surface area (Å²) in [5, 5.41) is 0. The van der Waals surface area contributed by atoms with Crippen LogP contribution in [0.15, 0.2) is 54.6 Å². The lowest BCUT2D eigenvalue weighted by Gasteiger charge is -2.29. The smallest absolute Gasteiger partial charge is 0.136 e. The van der Waals surface area contributed by atoms with Crippen molar-refractivity contribution in [1.82, 2.24) is 0 Å². The fraction of sp³-hybridized carbons (Fsp3) is 0.286. The van der Waals surface area contributed by atoms with Crippen molar-refractivity contribution in [3.8, 4) is 0 Å². The Hall–Kier alpha value is -2.15. The molecule has 1 heteroatoms. The van der Waals surface area contributed by atoms with Crippen LogP contribution in [-0.2, 0) is 4.79 Å². The van der Waals surface area contributed by atoms with Crippen molar-refractivity contribution < 1.29 is 4.79 Å². The van der Waals surface area contributed by atoms with Crippen LogP contribution in [0.3, 0.4) is 0 Å². The molecule has 0 amide bonds. The second-order valence-corrected chi connectivity index (χ2v) is 6.39. The molecule has 0 unspecified atom stereocenters. The van der Waals surface area contributed by atoms with Gasteiger partial charge in [0.25, 0.3) is 0 Å². The zero-order valence-electron chi connectivity index (χ0n) is 12.7. The summed E-state index contributed by atoms with van der Waals surface area (Å²) in [6.45, 7) is 0. The van der Waals surface area contributed by atoms with Gasteiger partial charge in [0.2, 0.25) is 0 Å². The highest BCUT2D eigenvalue weighted by atomic mass is 16.1. The minimum atomic E-state index is 0.156. The number of rotatable bonds is 2. The zero-order chi connectivity index (χ0) is 14.9. The molecule has 0 heterocycles. The molecule has 0 bridgehead atoms. The highest BCUT2D eigenvalue weighted by Gasteiger charge is 2.37. The van der Waals surface area contributed by atoms with Crippen molar-refractivity contribution in [3.63, 3.8) is 0 Å². The lowest BCUT2D eigenvalue weighted by Crippen LogP contribution is -2.25. The Kier molecular flexibility index (Phi) is 3.42. The second-order valence-electron chi connectivity index (χ2n) is 6.39. The van der Waals surface area contributed by atoms with Gasteiger partial charge >= 0.3 is 0 Å². The van der Waals surface area contributed by atoms with Gasteiger partial charge in [-0.1, -0.05) is 67.1 Å². The van der Waals surface area contributed by atoms with Gasteiger partial charge in [-0.05, 0) is 35.1 Å². The Labute approximate surface area is 131 Å². The lowest BCUT2D eigenvalue weighted by atomic mass is 9.73. The van der Waals surface area contributed by atoms with Crippen molar-refractivity contribution in [2.24, 2.45) is 5.92 Å². The van der Waals surface area contributed by atoms with E-state index in [1.54, 1.807) is 0 Å². The average Bonchev–Trinajstić information content (AvgIpc) is 2.95. The molecule has 0 spiro atoms. The predicted octanol–water partition coefficient (Wildman–Crippen LogP) is 5.08. The van der Waals surface area contributed by atoms with Gasteiger partial charge in [0.05, 0.1) is 0 Å². The molecular weight excluding hydrogens is 268 g/mol. The second kappa shape index (κ2) is 5.57. The van der Waals surface area contributed by atoms with Gasteiger partial charge in [-0.2, -0.15) is 0 Å². The highest BCUT2D eigenvalue weighted by Crippen LogP contribution is 2.48. The first-order valence-electron chi connectivity index (χ1n) is 8.23. The summed E-state index contributed by atoms with van der Waals surface area (Å²) in [5.74, 6) is 0.852. The molecule has 0 radical (unpaired) electrons.